The fourth-order valence-electron chi connectivity index (χ4n) is 2.13. The van der Waals surface area contributed by atoms with Crippen molar-refractivity contribution in [1.29, 1.82) is 0 Å². The van der Waals surface area contributed by atoms with Crippen LogP contribution in [0.5, 0.6) is 5.75 Å². The van der Waals surface area contributed by atoms with Crippen molar-refractivity contribution in [3.8, 4) is 5.75 Å². The van der Waals surface area contributed by atoms with E-state index in [2.05, 4.69) is 26.6 Å². The third-order valence-corrected chi connectivity index (χ3v) is 4.02. The monoisotopic (exact) mass is 404 g/mol. The summed E-state index contributed by atoms with van der Waals surface area (Å²) in [5, 5.41) is 5.36. The minimum absolute atomic E-state index is 0.0706. The molecule has 2 aromatic carbocycles. The highest BCUT2D eigenvalue weighted by Crippen LogP contribution is 2.19. The summed E-state index contributed by atoms with van der Waals surface area (Å²) in [6.07, 6.45) is 0.193. The highest BCUT2D eigenvalue weighted by atomic mass is 79.9. The number of anilines is 1. The topological polar surface area (TPSA) is 67.4 Å². The number of nitrogens with one attached hydrogen (secondary N) is 2. The predicted octanol–water partition coefficient (Wildman–Crippen LogP) is 3.59. The van der Waals surface area contributed by atoms with Crippen LogP contribution in [0.15, 0.2) is 46.9 Å². The zero-order chi connectivity index (χ0) is 18.2. The number of carbonyl (C=O) groups is 2. The maximum atomic E-state index is 11.9. The van der Waals surface area contributed by atoms with Gasteiger partial charge >= 0.3 is 0 Å². The van der Waals surface area contributed by atoms with Crippen molar-refractivity contribution in [2.45, 2.75) is 20.3 Å². The molecule has 2 aromatic rings. The summed E-state index contributed by atoms with van der Waals surface area (Å²) in [4.78, 5) is 23.7. The van der Waals surface area contributed by atoms with Gasteiger partial charge in [-0.15, -0.1) is 0 Å². The van der Waals surface area contributed by atoms with Crippen LogP contribution in [0.2, 0.25) is 0 Å². The Morgan fingerprint density at radius 2 is 1.76 bits per heavy atom. The lowest BCUT2D eigenvalue weighted by Crippen LogP contribution is -2.33. The van der Waals surface area contributed by atoms with E-state index in [9.17, 15) is 9.59 Å². The molecule has 2 rings (SSSR count). The molecule has 0 saturated heterocycles. The van der Waals surface area contributed by atoms with E-state index in [1.807, 2.05) is 56.3 Å². The van der Waals surface area contributed by atoms with Gasteiger partial charge in [-0.05, 0) is 49.7 Å². The second kappa shape index (κ2) is 9.22. The first kappa shape index (κ1) is 19.0. The van der Waals surface area contributed by atoms with Crippen molar-refractivity contribution >= 4 is 33.4 Å². The average Bonchev–Trinajstić information content (AvgIpc) is 2.57. The first-order chi connectivity index (χ1) is 11.9. The summed E-state index contributed by atoms with van der Waals surface area (Å²) in [7, 11) is 0. The Morgan fingerprint density at radius 1 is 1.04 bits per heavy atom. The molecule has 0 unspecified atom stereocenters. The number of benzene rings is 2. The van der Waals surface area contributed by atoms with Crippen molar-refractivity contribution in [1.82, 2.24) is 5.32 Å². The van der Waals surface area contributed by atoms with E-state index in [4.69, 9.17) is 4.74 Å². The molecule has 132 valence electrons. The minimum atomic E-state index is -0.266. The predicted molar refractivity (Wildman–Crippen MR) is 102 cm³/mol. The summed E-state index contributed by atoms with van der Waals surface area (Å²) < 4.78 is 6.44. The number of halogens is 1. The molecule has 2 N–H and O–H groups in total. The van der Waals surface area contributed by atoms with E-state index in [-0.39, 0.29) is 31.4 Å². The molecule has 0 aliphatic rings. The Labute approximate surface area is 155 Å². The van der Waals surface area contributed by atoms with Gasteiger partial charge in [-0.1, -0.05) is 33.6 Å². The third-order valence-electron chi connectivity index (χ3n) is 3.53. The van der Waals surface area contributed by atoms with E-state index in [0.29, 0.717) is 0 Å². The van der Waals surface area contributed by atoms with E-state index < -0.39 is 0 Å². The van der Waals surface area contributed by atoms with Crippen molar-refractivity contribution in [3.05, 3.63) is 58.1 Å². The van der Waals surface area contributed by atoms with Crippen LogP contribution in [0.25, 0.3) is 0 Å². The molecule has 0 spiro atoms. The fraction of sp³-hybridized carbons (Fsp3) is 0.263. The van der Waals surface area contributed by atoms with Crippen molar-refractivity contribution in [2.24, 2.45) is 0 Å². The molecule has 25 heavy (non-hydrogen) atoms. The first-order valence-electron chi connectivity index (χ1n) is 7.96. The molecule has 0 aliphatic carbocycles. The lowest BCUT2D eigenvalue weighted by atomic mass is 10.2. The molecule has 0 saturated carbocycles. The Hall–Kier alpha value is -2.34. The number of ether oxygens (including phenoxy) is 1. The molecule has 0 fully saturated rings. The standard InChI is InChI=1S/C19H21BrN2O3/c1-13-3-6-16(7-4-13)25-10-9-18(23)21-12-19(24)22-17-8-5-15(20)11-14(17)2/h3-8,11H,9-10,12H2,1-2H3,(H,21,23)(H,22,24). The normalized spacial score (nSPS) is 10.2. The molecule has 0 aromatic heterocycles. The number of hydrogen-bond acceptors (Lipinski definition) is 3. The van der Waals surface area contributed by atoms with E-state index in [1.165, 1.54) is 0 Å². The third kappa shape index (κ3) is 6.58. The van der Waals surface area contributed by atoms with Crippen LogP contribution in [0.1, 0.15) is 17.5 Å². The van der Waals surface area contributed by atoms with Crippen LogP contribution in [-0.2, 0) is 9.59 Å². The number of amides is 2. The first-order valence-corrected chi connectivity index (χ1v) is 8.75. The molecule has 2 amide bonds. The number of carbonyl (C=O) groups excluding carboxylic acids is 2. The van der Waals surface area contributed by atoms with Crippen LogP contribution in [0.3, 0.4) is 0 Å². The van der Waals surface area contributed by atoms with Gasteiger partial charge in [0, 0.05) is 10.2 Å². The van der Waals surface area contributed by atoms with E-state index in [1.54, 1.807) is 0 Å². The summed E-state index contributed by atoms with van der Waals surface area (Å²) in [5.41, 5.74) is 2.82. The fourth-order valence-corrected chi connectivity index (χ4v) is 2.60. The van der Waals surface area contributed by atoms with E-state index >= 15 is 0 Å². The molecular weight excluding hydrogens is 384 g/mol. The largest absolute Gasteiger partial charge is 0.493 e. The van der Waals surface area contributed by atoms with Crippen LogP contribution >= 0.6 is 15.9 Å². The van der Waals surface area contributed by atoms with Gasteiger partial charge in [-0.2, -0.15) is 0 Å². The Balaban J connectivity index is 1.68. The second-order valence-electron chi connectivity index (χ2n) is 5.70. The van der Waals surface area contributed by atoms with Crippen LogP contribution < -0.4 is 15.4 Å². The zero-order valence-corrected chi connectivity index (χ0v) is 15.9. The summed E-state index contributed by atoms with van der Waals surface area (Å²) in [5.74, 6) is 0.231. The lowest BCUT2D eigenvalue weighted by Gasteiger charge is -2.10. The minimum Gasteiger partial charge on any atom is -0.493 e. The van der Waals surface area contributed by atoms with E-state index in [0.717, 1.165) is 27.0 Å². The highest BCUT2D eigenvalue weighted by molar-refractivity contribution is 9.10. The quantitative estimate of drug-likeness (QED) is 0.740. The maximum absolute atomic E-state index is 11.9. The number of rotatable bonds is 7. The molecule has 0 aliphatic heterocycles. The molecule has 0 atom stereocenters. The van der Waals surface area contributed by atoms with Gasteiger partial charge in [0.25, 0.3) is 0 Å². The number of hydrogen-bond donors (Lipinski definition) is 2. The van der Waals surface area contributed by atoms with Gasteiger partial charge in [0.15, 0.2) is 0 Å². The van der Waals surface area contributed by atoms with Gasteiger partial charge in [0.05, 0.1) is 19.6 Å². The Kier molecular flexibility index (Phi) is 7.01. The smallest absolute Gasteiger partial charge is 0.243 e. The van der Waals surface area contributed by atoms with Gasteiger partial charge < -0.3 is 15.4 Å². The van der Waals surface area contributed by atoms with Crippen LogP contribution in [0, 0.1) is 13.8 Å². The second-order valence-corrected chi connectivity index (χ2v) is 6.61. The maximum Gasteiger partial charge on any atom is 0.243 e. The molecular formula is C19H21BrN2O3. The lowest BCUT2D eigenvalue weighted by molar-refractivity contribution is -0.124. The van der Waals surface area contributed by atoms with Gasteiger partial charge in [-0.25, -0.2) is 0 Å². The summed E-state index contributed by atoms with van der Waals surface area (Å²) >= 11 is 3.38. The van der Waals surface area contributed by atoms with Crippen molar-refractivity contribution < 1.29 is 14.3 Å². The average molecular weight is 405 g/mol. The van der Waals surface area contributed by atoms with Crippen LogP contribution in [-0.4, -0.2) is 25.0 Å². The Bertz CT molecular complexity index is 745. The van der Waals surface area contributed by atoms with Gasteiger partial charge in [0.1, 0.15) is 5.75 Å². The van der Waals surface area contributed by atoms with Gasteiger partial charge in [0.2, 0.25) is 11.8 Å². The van der Waals surface area contributed by atoms with Crippen molar-refractivity contribution in [2.75, 3.05) is 18.5 Å². The zero-order valence-electron chi connectivity index (χ0n) is 14.3. The highest BCUT2D eigenvalue weighted by Gasteiger charge is 2.08. The Morgan fingerprint density at radius 3 is 2.44 bits per heavy atom. The molecule has 0 heterocycles. The van der Waals surface area contributed by atoms with Crippen LogP contribution in [0.4, 0.5) is 5.69 Å². The van der Waals surface area contributed by atoms with Crippen molar-refractivity contribution in [3.63, 3.8) is 0 Å². The van der Waals surface area contributed by atoms with Gasteiger partial charge in [-0.3, -0.25) is 9.59 Å². The summed E-state index contributed by atoms with van der Waals surface area (Å²) in [6.45, 7) is 4.10. The molecule has 6 heteroatoms. The number of aryl methyl sites for hydroxylation is 2. The summed E-state index contributed by atoms with van der Waals surface area (Å²) in [6, 6.07) is 13.2. The molecule has 5 nitrogen and oxygen atoms in total. The molecule has 0 radical (unpaired) electrons. The molecule has 0 bridgehead atoms. The SMILES string of the molecule is Cc1ccc(OCCC(=O)NCC(=O)Nc2ccc(Br)cc2C)cc1.